The Kier molecular flexibility index (Phi) is 5.21. The van der Waals surface area contributed by atoms with Crippen molar-refractivity contribution in [2.75, 3.05) is 31.6 Å². The number of hydrogen-bond acceptors (Lipinski definition) is 6. The van der Waals surface area contributed by atoms with E-state index in [0.717, 1.165) is 54.5 Å². The molecule has 1 spiro atoms. The summed E-state index contributed by atoms with van der Waals surface area (Å²) in [5.74, 6) is 0.590. The zero-order valence-electron chi connectivity index (χ0n) is 19.0. The lowest BCUT2D eigenvalue weighted by atomic mass is 9.79. The van der Waals surface area contributed by atoms with Gasteiger partial charge in [-0.2, -0.15) is 4.98 Å². The highest BCUT2D eigenvalue weighted by atomic mass is 16.5. The van der Waals surface area contributed by atoms with E-state index >= 15 is 0 Å². The van der Waals surface area contributed by atoms with Gasteiger partial charge in [-0.15, -0.1) is 0 Å². The highest BCUT2D eigenvalue weighted by molar-refractivity contribution is 5.94. The van der Waals surface area contributed by atoms with E-state index in [-0.39, 0.29) is 11.8 Å². The van der Waals surface area contributed by atoms with Crippen LogP contribution in [0.2, 0.25) is 0 Å². The number of fused-ring (bicyclic) bond motifs is 4. The zero-order chi connectivity index (χ0) is 23.1. The second-order valence-electron chi connectivity index (χ2n) is 9.33. The maximum atomic E-state index is 13.0. The maximum absolute atomic E-state index is 13.0. The predicted octanol–water partition coefficient (Wildman–Crippen LogP) is 2.94. The number of carbonyl (C=O) groups is 2. The van der Waals surface area contributed by atoms with E-state index < -0.39 is 5.54 Å². The Morgan fingerprint density at radius 1 is 1.09 bits per heavy atom. The van der Waals surface area contributed by atoms with Crippen molar-refractivity contribution in [3.8, 4) is 0 Å². The molecule has 176 valence electrons. The highest BCUT2D eigenvalue weighted by Gasteiger charge is 2.45. The molecule has 2 aliphatic heterocycles. The number of amides is 2. The topological polar surface area (TPSA) is 101 Å². The molecule has 1 aliphatic carbocycles. The molecule has 0 unspecified atom stereocenters. The lowest BCUT2D eigenvalue weighted by Crippen LogP contribution is -2.54. The molecule has 3 aromatic rings. The number of aromatic nitrogens is 3. The number of hydrogen-bond donors (Lipinski definition) is 2. The first kappa shape index (κ1) is 21.1. The SMILES string of the molecule is O=C(c1ccc(Nc2ncc3cc4n(c3n2)C2(CCCCC2)C(=O)NC4)cc1)N1CCOCC1. The average Bonchev–Trinajstić information content (AvgIpc) is 3.26. The van der Waals surface area contributed by atoms with E-state index in [0.29, 0.717) is 44.4 Å². The second kappa shape index (κ2) is 8.39. The largest absolute Gasteiger partial charge is 0.378 e. The molecule has 6 rings (SSSR count). The molecule has 1 aromatic carbocycles. The first-order valence-corrected chi connectivity index (χ1v) is 12.0. The van der Waals surface area contributed by atoms with E-state index in [1.807, 2.05) is 35.4 Å². The molecule has 2 aromatic heterocycles. The van der Waals surface area contributed by atoms with Crippen LogP contribution in [0.3, 0.4) is 0 Å². The van der Waals surface area contributed by atoms with Crippen molar-refractivity contribution in [1.82, 2.24) is 24.8 Å². The van der Waals surface area contributed by atoms with Crippen molar-refractivity contribution in [1.29, 1.82) is 0 Å². The third-order valence-electron chi connectivity index (χ3n) is 7.26. The fourth-order valence-corrected chi connectivity index (χ4v) is 5.51. The predicted molar refractivity (Wildman–Crippen MR) is 127 cm³/mol. The first-order chi connectivity index (χ1) is 16.6. The van der Waals surface area contributed by atoms with Gasteiger partial charge in [0, 0.05) is 41.6 Å². The normalized spacial score (nSPS) is 19.6. The van der Waals surface area contributed by atoms with Gasteiger partial charge in [0.25, 0.3) is 5.91 Å². The third kappa shape index (κ3) is 3.51. The van der Waals surface area contributed by atoms with E-state index in [2.05, 4.69) is 26.3 Å². The molecule has 9 heteroatoms. The van der Waals surface area contributed by atoms with Crippen molar-refractivity contribution in [2.24, 2.45) is 0 Å². The van der Waals surface area contributed by atoms with Crippen LogP contribution in [-0.4, -0.2) is 57.6 Å². The Balaban J connectivity index is 1.28. The smallest absolute Gasteiger partial charge is 0.254 e. The molecule has 34 heavy (non-hydrogen) atoms. The Morgan fingerprint density at radius 2 is 1.85 bits per heavy atom. The summed E-state index contributed by atoms with van der Waals surface area (Å²) in [6.07, 6.45) is 6.72. The van der Waals surface area contributed by atoms with Crippen molar-refractivity contribution in [3.63, 3.8) is 0 Å². The van der Waals surface area contributed by atoms with Gasteiger partial charge in [-0.25, -0.2) is 4.98 Å². The summed E-state index contributed by atoms with van der Waals surface area (Å²) in [6.45, 7) is 2.91. The number of nitrogens with zero attached hydrogens (tertiary/aromatic N) is 4. The average molecular weight is 461 g/mol. The third-order valence-corrected chi connectivity index (χ3v) is 7.26. The van der Waals surface area contributed by atoms with Crippen LogP contribution in [0.1, 0.15) is 48.2 Å². The number of carbonyl (C=O) groups excluding carboxylic acids is 2. The van der Waals surface area contributed by atoms with Gasteiger partial charge in [-0.3, -0.25) is 9.59 Å². The molecule has 1 saturated carbocycles. The van der Waals surface area contributed by atoms with Crippen molar-refractivity contribution < 1.29 is 14.3 Å². The van der Waals surface area contributed by atoms with Crippen LogP contribution in [0.4, 0.5) is 11.6 Å². The van der Waals surface area contributed by atoms with Crippen LogP contribution in [0.15, 0.2) is 36.5 Å². The molecule has 2 fully saturated rings. The van der Waals surface area contributed by atoms with Gasteiger partial charge in [0.15, 0.2) is 0 Å². The summed E-state index contributed by atoms with van der Waals surface area (Å²) >= 11 is 0. The quantitative estimate of drug-likeness (QED) is 0.623. The fraction of sp³-hybridized carbons (Fsp3) is 0.440. The number of benzene rings is 1. The van der Waals surface area contributed by atoms with Crippen molar-refractivity contribution >= 4 is 34.5 Å². The molecule has 9 nitrogen and oxygen atoms in total. The zero-order valence-corrected chi connectivity index (χ0v) is 19.0. The Hall–Kier alpha value is -3.46. The van der Waals surface area contributed by atoms with E-state index in [9.17, 15) is 9.59 Å². The maximum Gasteiger partial charge on any atom is 0.254 e. The monoisotopic (exact) mass is 460 g/mol. The minimum atomic E-state index is -0.555. The molecular weight excluding hydrogens is 432 g/mol. The molecule has 2 N–H and O–H groups in total. The lowest BCUT2D eigenvalue weighted by molar-refractivity contribution is -0.133. The van der Waals surface area contributed by atoms with Crippen LogP contribution in [0.25, 0.3) is 11.0 Å². The standard InChI is InChI=1S/C25H28N6O3/c32-22(30-10-12-34-13-11-30)17-4-6-19(7-5-17)28-24-27-15-18-14-20-16-26-23(33)25(8-2-1-3-9-25)31(20)21(18)29-24/h4-7,14-15H,1-3,8-13,16H2,(H,26,33)(H,27,28,29). The summed E-state index contributed by atoms with van der Waals surface area (Å²) in [6, 6.07) is 9.45. The van der Waals surface area contributed by atoms with Gasteiger partial charge >= 0.3 is 0 Å². The molecule has 0 radical (unpaired) electrons. The molecule has 4 heterocycles. The van der Waals surface area contributed by atoms with E-state index in [1.54, 1.807) is 0 Å². The van der Waals surface area contributed by atoms with Gasteiger partial charge in [-0.1, -0.05) is 19.3 Å². The minimum Gasteiger partial charge on any atom is -0.378 e. The molecule has 2 amide bonds. The summed E-state index contributed by atoms with van der Waals surface area (Å²) < 4.78 is 7.50. The van der Waals surface area contributed by atoms with Crippen LogP contribution in [-0.2, 0) is 21.6 Å². The Morgan fingerprint density at radius 3 is 2.62 bits per heavy atom. The summed E-state index contributed by atoms with van der Waals surface area (Å²) in [4.78, 5) is 36.9. The van der Waals surface area contributed by atoms with Crippen molar-refractivity contribution in [3.05, 3.63) is 47.8 Å². The van der Waals surface area contributed by atoms with Crippen LogP contribution in [0, 0.1) is 0 Å². The van der Waals surface area contributed by atoms with E-state index in [4.69, 9.17) is 9.72 Å². The van der Waals surface area contributed by atoms with Crippen molar-refractivity contribution in [2.45, 2.75) is 44.2 Å². The van der Waals surface area contributed by atoms with E-state index in [1.165, 1.54) is 0 Å². The second-order valence-corrected chi connectivity index (χ2v) is 9.33. The number of rotatable bonds is 3. The summed E-state index contributed by atoms with van der Waals surface area (Å²) in [5.41, 5.74) is 2.77. The minimum absolute atomic E-state index is 0.0170. The molecular formula is C25H28N6O3. The van der Waals surface area contributed by atoms with Crippen LogP contribution in [0.5, 0.6) is 0 Å². The van der Waals surface area contributed by atoms with Gasteiger partial charge in [0.05, 0.1) is 19.8 Å². The van der Waals surface area contributed by atoms with Gasteiger partial charge < -0.3 is 24.8 Å². The molecule has 0 atom stereocenters. The van der Waals surface area contributed by atoms with Gasteiger partial charge in [0.1, 0.15) is 11.2 Å². The number of nitrogens with one attached hydrogen (secondary N) is 2. The summed E-state index contributed by atoms with van der Waals surface area (Å²) in [7, 11) is 0. The van der Waals surface area contributed by atoms with Gasteiger partial charge in [0.2, 0.25) is 11.9 Å². The summed E-state index contributed by atoms with van der Waals surface area (Å²) in [5, 5.41) is 7.29. The lowest BCUT2D eigenvalue weighted by Gasteiger charge is -2.41. The molecule has 1 saturated heterocycles. The Bertz CT molecular complexity index is 1240. The Labute approximate surface area is 197 Å². The highest BCUT2D eigenvalue weighted by Crippen LogP contribution is 2.41. The fourth-order valence-electron chi connectivity index (χ4n) is 5.51. The van der Waals surface area contributed by atoms with Gasteiger partial charge in [-0.05, 0) is 43.2 Å². The molecule has 3 aliphatic rings. The number of morpholine rings is 1. The number of anilines is 2. The number of ether oxygens (including phenoxy) is 1. The molecule has 0 bridgehead atoms. The van der Waals surface area contributed by atoms with Crippen LogP contribution < -0.4 is 10.6 Å². The van der Waals surface area contributed by atoms with Crippen LogP contribution >= 0.6 is 0 Å². The first-order valence-electron chi connectivity index (χ1n) is 12.0.